The summed E-state index contributed by atoms with van der Waals surface area (Å²) < 4.78 is 5.28. The normalized spacial score (nSPS) is 19.9. The molecule has 0 unspecified atom stereocenters. The smallest absolute Gasteiger partial charge is 0.338 e. The van der Waals surface area contributed by atoms with Crippen LogP contribution in [0.3, 0.4) is 0 Å². The summed E-state index contributed by atoms with van der Waals surface area (Å²) in [5.41, 5.74) is 0.715. The summed E-state index contributed by atoms with van der Waals surface area (Å²) >= 11 is 0. The molecule has 1 N–H and O–H groups in total. The van der Waals surface area contributed by atoms with E-state index < -0.39 is 5.97 Å². The Bertz CT molecular complexity index is 416. The molecule has 1 aromatic heterocycles. The van der Waals surface area contributed by atoms with Crippen LogP contribution in [0.1, 0.15) is 49.2 Å². The van der Waals surface area contributed by atoms with Crippen molar-refractivity contribution in [3.05, 3.63) is 23.7 Å². The SMILES string of the molecule is CCC1(C)CCN(Cc2cc(C(=O)O)co2)CC1. The molecule has 0 spiro atoms. The molecule has 1 aromatic rings. The Hall–Kier alpha value is -1.29. The highest BCUT2D eigenvalue weighted by atomic mass is 16.4. The molecular weight excluding hydrogens is 230 g/mol. The van der Waals surface area contributed by atoms with Crippen LogP contribution in [0, 0.1) is 5.41 Å². The van der Waals surface area contributed by atoms with Gasteiger partial charge in [0, 0.05) is 0 Å². The topological polar surface area (TPSA) is 53.7 Å². The maximum absolute atomic E-state index is 10.8. The number of hydrogen-bond donors (Lipinski definition) is 1. The van der Waals surface area contributed by atoms with Crippen molar-refractivity contribution < 1.29 is 14.3 Å². The molecule has 4 nitrogen and oxygen atoms in total. The van der Waals surface area contributed by atoms with E-state index in [1.165, 1.54) is 25.5 Å². The van der Waals surface area contributed by atoms with E-state index in [0.717, 1.165) is 18.8 Å². The van der Waals surface area contributed by atoms with Gasteiger partial charge in [-0.2, -0.15) is 0 Å². The molecule has 4 heteroatoms. The van der Waals surface area contributed by atoms with Crippen LogP contribution in [0.15, 0.2) is 16.7 Å². The van der Waals surface area contributed by atoms with Crippen LogP contribution in [0.25, 0.3) is 0 Å². The van der Waals surface area contributed by atoms with Crippen molar-refractivity contribution in [1.82, 2.24) is 4.90 Å². The Morgan fingerprint density at radius 3 is 2.67 bits per heavy atom. The van der Waals surface area contributed by atoms with Crippen LogP contribution in [-0.4, -0.2) is 29.1 Å². The number of furan rings is 1. The maximum Gasteiger partial charge on any atom is 0.338 e. The van der Waals surface area contributed by atoms with Crippen molar-refractivity contribution >= 4 is 5.97 Å². The second-order valence-electron chi connectivity index (χ2n) is 5.55. The fraction of sp³-hybridized carbons (Fsp3) is 0.643. The Kier molecular flexibility index (Phi) is 3.76. The Labute approximate surface area is 108 Å². The van der Waals surface area contributed by atoms with Gasteiger partial charge in [0.2, 0.25) is 0 Å². The van der Waals surface area contributed by atoms with E-state index in [2.05, 4.69) is 18.7 Å². The Morgan fingerprint density at radius 1 is 1.50 bits per heavy atom. The first-order chi connectivity index (χ1) is 8.52. The lowest BCUT2D eigenvalue weighted by Gasteiger charge is -2.38. The monoisotopic (exact) mass is 251 g/mol. The predicted molar refractivity (Wildman–Crippen MR) is 68.6 cm³/mol. The Balaban J connectivity index is 1.89. The zero-order valence-corrected chi connectivity index (χ0v) is 11.1. The highest BCUT2D eigenvalue weighted by Gasteiger charge is 2.28. The van der Waals surface area contributed by atoms with Crippen LogP contribution in [0.5, 0.6) is 0 Å². The van der Waals surface area contributed by atoms with E-state index in [1.54, 1.807) is 6.07 Å². The molecule has 0 aromatic carbocycles. The summed E-state index contributed by atoms with van der Waals surface area (Å²) in [5.74, 6) is -0.185. The van der Waals surface area contributed by atoms with Gasteiger partial charge in [0.25, 0.3) is 0 Å². The first-order valence-corrected chi connectivity index (χ1v) is 6.55. The van der Waals surface area contributed by atoms with E-state index in [9.17, 15) is 4.79 Å². The van der Waals surface area contributed by atoms with Gasteiger partial charge >= 0.3 is 5.97 Å². The number of aromatic carboxylic acids is 1. The van der Waals surface area contributed by atoms with Crippen molar-refractivity contribution in [2.45, 2.75) is 39.7 Å². The third kappa shape index (κ3) is 2.93. The molecule has 2 heterocycles. The van der Waals surface area contributed by atoms with Gasteiger partial charge in [0.05, 0.1) is 12.1 Å². The van der Waals surface area contributed by atoms with E-state index in [-0.39, 0.29) is 5.56 Å². The van der Waals surface area contributed by atoms with Gasteiger partial charge in [-0.15, -0.1) is 0 Å². The lowest BCUT2D eigenvalue weighted by molar-refractivity contribution is 0.0696. The molecule has 1 aliphatic rings. The molecule has 0 saturated carbocycles. The first-order valence-electron chi connectivity index (χ1n) is 6.55. The van der Waals surface area contributed by atoms with Gasteiger partial charge in [-0.05, 0) is 37.4 Å². The molecule has 0 amide bonds. The van der Waals surface area contributed by atoms with Gasteiger partial charge in [-0.1, -0.05) is 20.3 Å². The molecule has 0 aliphatic carbocycles. The molecule has 0 atom stereocenters. The van der Waals surface area contributed by atoms with Crippen molar-refractivity contribution in [1.29, 1.82) is 0 Å². The van der Waals surface area contributed by atoms with Gasteiger partial charge in [0.15, 0.2) is 0 Å². The predicted octanol–water partition coefficient (Wildman–Crippen LogP) is 2.99. The fourth-order valence-electron chi connectivity index (χ4n) is 2.40. The van der Waals surface area contributed by atoms with Gasteiger partial charge in [-0.3, -0.25) is 4.90 Å². The van der Waals surface area contributed by atoms with Crippen LogP contribution in [0.4, 0.5) is 0 Å². The Morgan fingerprint density at radius 2 is 2.17 bits per heavy atom. The molecule has 0 radical (unpaired) electrons. The summed E-state index contributed by atoms with van der Waals surface area (Å²) in [6.45, 7) is 7.44. The molecule has 0 bridgehead atoms. The largest absolute Gasteiger partial charge is 0.478 e. The standard InChI is InChI=1S/C14H21NO3/c1-3-14(2)4-6-15(7-5-14)9-12-8-11(10-18-12)13(16)17/h8,10H,3-7,9H2,1-2H3,(H,16,17). The molecule has 1 aliphatic heterocycles. The van der Waals surface area contributed by atoms with Gasteiger partial charge in [-0.25, -0.2) is 4.79 Å². The lowest BCUT2D eigenvalue weighted by Crippen LogP contribution is -2.37. The first kappa shape index (κ1) is 13.1. The van der Waals surface area contributed by atoms with Crippen molar-refractivity contribution in [3.8, 4) is 0 Å². The molecular formula is C14H21NO3. The molecule has 100 valence electrons. The minimum atomic E-state index is -0.929. The average molecular weight is 251 g/mol. The van der Waals surface area contributed by atoms with E-state index in [0.29, 0.717) is 12.0 Å². The third-order valence-electron chi connectivity index (χ3n) is 4.20. The van der Waals surface area contributed by atoms with Gasteiger partial charge in [0.1, 0.15) is 12.0 Å². The second-order valence-corrected chi connectivity index (χ2v) is 5.55. The van der Waals surface area contributed by atoms with Crippen LogP contribution < -0.4 is 0 Å². The number of nitrogens with zero attached hydrogens (tertiary/aromatic N) is 1. The number of carboxylic acid groups (broad SMARTS) is 1. The van der Waals surface area contributed by atoms with Crippen LogP contribution >= 0.6 is 0 Å². The number of hydrogen-bond acceptors (Lipinski definition) is 3. The van der Waals surface area contributed by atoms with E-state index in [4.69, 9.17) is 9.52 Å². The number of carbonyl (C=O) groups is 1. The number of carboxylic acids is 1. The van der Waals surface area contributed by atoms with Crippen molar-refractivity contribution in [2.75, 3.05) is 13.1 Å². The molecule has 1 saturated heterocycles. The van der Waals surface area contributed by atoms with Crippen molar-refractivity contribution in [3.63, 3.8) is 0 Å². The van der Waals surface area contributed by atoms with Crippen LogP contribution in [-0.2, 0) is 6.54 Å². The highest BCUT2D eigenvalue weighted by Crippen LogP contribution is 2.34. The maximum atomic E-state index is 10.8. The summed E-state index contributed by atoms with van der Waals surface area (Å²) in [6.07, 6.45) is 4.95. The summed E-state index contributed by atoms with van der Waals surface area (Å²) in [5, 5.41) is 8.83. The lowest BCUT2D eigenvalue weighted by atomic mass is 9.78. The quantitative estimate of drug-likeness (QED) is 0.893. The minimum absolute atomic E-state index is 0.236. The fourth-order valence-corrected chi connectivity index (χ4v) is 2.40. The summed E-state index contributed by atoms with van der Waals surface area (Å²) in [7, 11) is 0. The number of piperidine rings is 1. The second kappa shape index (κ2) is 5.14. The highest BCUT2D eigenvalue weighted by molar-refractivity contribution is 5.87. The number of likely N-dealkylation sites (tertiary alicyclic amines) is 1. The summed E-state index contributed by atoms with van der Waals surface area (Å²) in [6, 6.07) is 1.62. The van der Waals surface area contributed by atoms with E-state index >= 15 is 0 Å². The minimum Gasteiger partial charge on any atom is -0.478 e. The molecule has 18 heavy (non-hydrogen) atoms. The van der Waals surface area contributed by atoms with Gasteiger partial charge < -0.3 is 9.52 Å². The van der Waals surface area contributed by atoms with E-state index in [1.807, 2.05) is 0 Å². The molecule has 2 rings (SSSR count). The number of rotatable bonds is 4. The van der Waals surface area contributed by atoms with Crippen LogP contribution in [0.2, 0.25) is 0 Å². The zero-order chi connectivity index (χ0) is 13.2. The summed E-state index contributed by atoms with van der Waals surface area (Å²) in [4.78, 5) is 13.1. The third-order valence-corrected chi connectivity index (χ3v) is 4.20. The zero-order valence-electron chi connectivity index (χ0n) is 11.1. The van der Waals surface area contributed by atoms with Crippen molar-refractivity contribution in [2.24, 2.45) is 5.41 Å². The molecule has 1 fully saturated rings. The average Bonchev–Trinajstić information content (AvgIpc) is 2.81.